The molecular formula is C18H15N3O. The van der Waals surface area contributed by atoms with E-state index in [4.69, 9.17) is 9.72 Å². The summed E-state index contributed by atoms with van der Waals surface area (Å²) in [5.41, 5.74) is 4.67. The van der Waals surface area contributed by atoms with Gasteiger partial charge in [0.25, 0.3) is 5.88 Å². The molecule has 4 nitrogen and oxygen atoms in total. The summed E-state index contributed by atoms with van der Waals surface area (Å²) >= 11 is 0. The minimum absolute atomic E-state index is 0.564. The molecule has 0 amide bonds. The second-order valence-corrected chi connectivity index (χ2v) is 5.02. The van der Waals surface area contributed by atoms with Crippen molar-refractivity contribution in [3.8, 4) is 17.1 Å². The summed E-state index contributed by atoms with van der Waals surface area (Å²) in [4.78, 5) is 9.32. The number of fused-ring (bicyclic) bond motifs is 3. The van der Waals surface area contributed by atoms with Crippen molar-refractivity contribution >= 4 is 16.7 Å². The Labute approximate surface area is 128 Å². The van der Waals surface area contributed by atoms with Crippen LogP contribution in [0.2, 0.25) is 0 Å². The number of aromatic nitrogens is 3. The van der Waals surface area contributed by atoms with Crippen molar-refractivity contribution in [3.63, 3.8) is 0 Å². The third-order valence-electron chi connectivity index (χ3n) is 3.61. The van der Waals surface area contributed by atoms with Crippen LogP contribution in [-0.4, -0.2) is 21.0 Å². The molecule has 0 saturated heterocycles. The monoisotopic (exact) mass is 289 g/mol. The Morgan fingerprint density at radius 3 is 2.55 bits per heavy atom. The highest BCUT2D eigenvalue weighted by Gasteiger charge is 2.13. The van der Waals surface area contributed by atoms with Crippen LogP contribution < -0.4 is 4.74 Å². The lowest BCUT2D eigenvalue weighted by Gasteiger charge is -2.06. The Kier molecular flexibility index (Phi) is 3.00. The standard InChI is InChI=1S/C18H15N3O/c1-2-22-18-17-19-15(13-8-4-3-5-9-13)12-21(17)16-11-7-6-10-14(16)20-18/h3-12H,2H2,1H3. The fraction of sp³-hybridized carbons (Fsp3) is 0.111. The Balaban J connectivity index is 2.04. The van der Waals surface area contributed by atoms with Crippen molar-refractivity contribution in [2.24, 2.45) is 0 Å². The Bertz CT molecular complexity index is 945. The average molecular weight is 289 g/mol. The van der Waals surface area contributed by atoms with E-state index in [1.165, 1.54) is 0 Å². The molecule has 0 fully saturated rings. The van der Waals surface area contributed by atoms with Crippen LogP contribution in [-0.2, 0) is 0 Å². The molecule has 2 aromatic carbocycles. The van der Waals surface area contributed by atoms with Gasteiger partial charge >= 0.3 is 0 Å². The van der Waals surface area contributed by atoms with Crippen molar-refractivity contribution in [2.45, 2.75) is 6.92 Å². The summed E-state index contributed by atoms with van der Waals surface area (Å²) in [6.45, 7) is 2.52. The van der Waals surface area contributed by atoms with Crippen molar-refractivity contribution in [3.05, 3.63) is 60.8 Å². The summed E-state index contributed by atoms with van der Waals surface area (Å²) in [5.74, 6) is 0.573. The molecule has 0 spiro atoms. The molecule has 0 unspecified atom stereocenters. The molecule has 108 valence electrons. The highest BCUT2D eigenvalue weighted by Crippen LogP contribution is 2.27. The largest absolute Gasteiger partial charge is 0.475 e. The van der Waals surface area contributed by atoms with Crippen LogP contribution in [0.5, 0.6) is 5.88 Å². The van der Waals surface area contributed by atoms with Gasteiger partial charge in [-0.15, -0.1) is 0 Å². The minimum Gasteiger partial charge on any atom is -0.475 e. The number of ether oxygens (including phenoxy) is 1. The molecule has 0 saturated carbocycles. The van der Waals surface area contributed by atoms with Crippen LogP contribution in [0.1, 0.15) is 6.92 Å². The number of benzene rings is 2. The first-order valence-corrected chi connectivity index (χ1v) is 7.33. The maximum Gasteiger partial charge on any atom is 0.258 e. The Hall–Kier alpha value is -2.88. The summed E-state index contributed by atoms with van der Waals surface area (Å²) < 4.78 is 7.73. The fourth-order valence-corrected chi connectivity index (χ4v) is 2.62. The quantitative estimate of drug-likeness (QED) is 0.573. The molecule has 0 aliphatic carbocycles. The minimum atomic E-state index is 0.564. The summed E-state index contributed by atoms with van der Waals surface area (Å²) in [6.07, 6.45) is 2.04. The highest BCUT2D eigenvalue weighted by molar-refractivity contribution is 5.81. The summed E-state index contributed by atoms with van der Waals surface area (Å²) in [5, 5.41) is 0. The Morgan fingerprint density at radius 2 is 1.73 bits per heavy atom. The topological polar surface area (TPSA) is 39.4 Å². The molecule has 0 N–H and O–H groups in total. The van der Waals surface area contributed by atoms with E-state index in [2.05, 4.69) is 21.5 Å². The van der Waals surface area contributed by atoms with E-state index in [-0.39, 0.29) is 0 Å². The molecule has 0 bridgehead atoms. The first kappa shape index (κ1) is 12.8. The van der Waals surface area contributed by atoms with E-state index in [0.29, 0.717) is 12.5 Å². The lowest BCUT2D eigenvalue weighted by atomic mass is 10.2. The smallest absolute Gasteiger partial charge is 0.258 e. The van der Waals surface area contributed by atoms with Gasteiger partial charge in [0.05, 0.1) is 23.3 Å². The van der Waals surface area contributed by atoms with Crippen LogP contribution in [0.3, 0.4) is 0 Å². The molecule has 0 radical (unpaired) electrons. The number of nitrogens with zero attached hydrogens (tertiary/aromatic N) is 3. The molecule has 22 heavy (non-hydrogen) atoms. The molecular weight excluding hydrogens is 274 g/mol. The SMILES string of the molecule is CCOc1nc2ccccc2n2cc(-c3ccccc3)nc12. The van der Waals surface area contributed by atoms with E-state index in [9.17, 15) is 0 Å². The predicted molar refractivity (Wildman–Crippen MR) is 87.1 cm³/mol. The van der Waals surface area contributed by atoms with E-state index < -0.39 is 0 Å². The van der Waals surface area contributed by atoms with Gasteiger partial charge in [-0.2, -0.15) is 0 Å². The second-order valence-electron chi connectivity index (χ2n) is 5.02. The molecule has 4 heteroatoms. The number of para-hydroxylation sites is 2. The molecule has 0 atom stereocenters. The highest BCUT2D eigenvalue weighted by atomic mass is 16.5. The summed E-state index contributed by atoms with van der Waals surface area (Å²) in [6, 6.07) is 18.1. The van der Waals surface area contributed by atoms with Gasteiger partial charge in [-0.1, -0.05) is 42.5 Å². The summed E-state index contributed by atoms with van der Waals surface area (Å²) in [7, 11) is 0. The van der Waals surface area contributed by atoms with Crippen LogP contribution in [0.4, 0.5) is 0 Å². The normalized spacial score (nSPS) is 11.1. The van der Waals surface area contributed by atoms with Gasteiger partial charge in [0.1, 0.15) is 0 Å². The van der Waals surface area contributed by atoms with Crippen LogP contribution >= 0.6 is 0 Å². The zero-order valence-corrected chi connectivity index (χ0v) is 12.2. The van der Waals surface area contributed by atoms with Gasteiger partial charge in [-0.05, 0) is 19.1 Å². The molecule has 2 aromatic heterocycles. The second kappa shape index (κ2) is 5.15. The van der Waals surface area contributed by atoms with Crippen molar-refractivity contribution in [1.29, 1.82) is 0 Å². The van der Waals surface area contributed by atoms with Gasteiger partial charge < -0.3 is 4.74 Å². The van der Waals surface area contributed by atoms with Gasteiger partial charge in [-0.25, -0.2) is 9.97 Å². The Morgan fingerprint density at radius 1 is 0.955 bits per heavy atom. The molecule has 0 aliphatic heterocycles. The maximum absolute atomic E-state index is 5.68. The van der Waals surface area contributed by atoms with E-state index >= 15 is 0 Å². The average Bonchev–Trinajstić information content (AvgIpc) is 3.02. The van der Waals surface area contributed by atoms with Crippen molar-refractivity contribution < 1.29 is 4.74 Å². The van der Waals surface area contributed by atoms with Crippen molar-refractivity contribution in [1.82, 2.24) is 14.4 Å². The number of hydrogen-bond donors (Lipinski definition) is 0. The zero-order valence-electron chi connectivity index (χ0n) is 12.2. The van der Waals surface area contributed by atoms with Gasteiger partial charge in [0.15, 0.2) is 0 Å². The van der Waals surface area contributed by atoms with Crippen molar-refractivity contribution in [2.75, 3.05) is 6.61 Å². The van der Waals surface area contributed by atoms with E-state index in [1.807, 2.05) is 55.6 Å². The predicted octanol–water partition coefficient (Wildman–Crippen LogP) is 3.95. The van der Waals surface area contributed by atoms with Crippen LogP contribution in [0.15, 0.2) is 60.8 Å². The first-order chi connectivity index (χ1) is 10.9. The fourth-order valence-electron chi connectivity index (χ4n) is 2.62. The third-order valence-corrected chi connectivity index (χ3v) is 3.61. The van der Waals surface area contributed by atoms with Gasteiger partial charge in [0.2, 0.25) is 5.65 Å². The number of rotatable bonds is 3. The number of hydrogen-bond acceptors (Lipinski definition) is 3. The lowest BCUT2D eigenvalue weighted by Crippen LogP contribution is -1.99. The maximum atomic E-state index is 5.68. The molecule has 2 heterocycles. The van der Waals surface area contributed by atoms with Gasteiger partial charge in [-0.3, -0.25) is 4.40 Å². The molecule has 4 rings (SSSR count). The van der Waals surface area contributed by atoms with E-state index in [1.54, 1.807) is 0 Å². The zero-order chi connectivity index (χ0) is 14.9. The number of imidazole rings is 1. The van der Waals surface area contributed by atoms with Crippen LogP contribution in [0, 0.1) is 0 Å². The lowest BCUT2D eigenvalue weighted by molar-refractivity contribution is 0.330. The third kappa shape index (κ3) is 2.00. The van der Waals surface area contributed by atoms with E-state index in [0.717, 1.165) is 27.9 Å². The van der Waals surface area contributed by atoms with Crippen LogP contribution in [0.25, 0.3) is 27.9 Å². The molecule has 4 aromatic rings. The first-order valence-electron chi connectivity index (χ1n) is 7.33. The molecule has 0 aliphatic rings. The van der Waals surface area contributed by atoms with Gasteiger partial charge in [0, 0.05) is 11.8 Å².